The molecule has 1 saturated carbocycles. The van der Waals surface area contributed by atoms with Gasteiger partial charge < -0.3 is 15.4 Å². The molecule has 1 aliphatic carbocycles. The van der Waals surface area contributed by atoms with Crippen LogP contribution in [-0.4, -0.2) is 40.9 Å². The first kappa shape index (κ1) is 22.9. The van der Waals surface area contributed by atoms with Crippen LogP contribution in [0.4, 0.5) is 5.69 Å². The Morgan fingerprint density at radius 2 is 2.21 bits per heavy atom. The van der Waals surface area contributed by atoms with E-state index in [0.29, 0.717) is 31.5 Å². The van der Waals surface area contributed by atoms with E-state index in [4.69, 9.17) is 4.74 Å². The minimum atomic E-state index is -0.456. The molecule has 0 radical (unpaired) electrons. The van der Waals surface area contributed by atoms with Crippen LogP contribution in [-0.2, 0) is 13.1 Å². The van der Waals surface area contributed by atoms with Gasteiger partial charge in [0.25, 0.3) is 0 Å². The predicted molar refractivity (Wildman–Crippen MR) is 122 cm³/mol. The van der Waals surface area contributed by atoms with E-state index in [9.17, 15) is 10.1 Å². The molecule has 2 aromatic rings. The maximum atomic E-state index is 10.7. The minimum Gasteiger partial charge on any atom is -0.493 e. The van der Waals surface area contributed by atoms with Crippen molar-refractivity contribution in [1.82, 2.24) is 20.4 Å². The van der Waals surface area contributed by atoms with E-state index < -0.39 is 4.92 Å². The van der Waals surface area contributed by atoms with Crippen molar-refractivity contribution in [3.05, 3.63) is 51.8 Å². The van der Waals surface area contributed by atoms with Crippen LogP contribution in [0.25, 0.3) is 0 Å². The number of ether oxygens (including phenoxy) is 1. The molecule has 0 amide bonds. The number of nitrogens with one attached hydrogen (secondary N) is 2. The quantitative estimate of drug-likeness (QED) is 0.175. The van der Waals surface area contributed by atoms with Gasteiger partial charge in [-0.2, -0.15) is 5.10 Å². The summed E-state index contributed by atoms with van der Waals surface area (Å²) in [5, 5.41) is 21.1. The molecular formula is C19H27IN6O3. The minimum absolute atomic E-state index is 0. The summed E-state index contributed by atoms with van der Waals surface area (Å²) in [6.45, 7) is 4.46. The van der Waals surface area contributed by atoms with Gasteiger partial charge in [0.05, 0.1) is 18.1 Å². The molecule has 1 fully saturated rings. The fourth-order valence-electron chi connectivity index (χ4n) is 2.69. The van der Waals surface area contributed by atoms with Crippen LogP contribution in [0.5, 0.6) is 5.75 Å². The normalized spacial score (nSPS) is 13.5. The second-order valence-corrected chi connectivity index (χ2v) is 6.94. The number of halogens is 1. The van der Waals surface area contributed by atoms with E-state index in [1.165, 1.54) is 35.5 Å². The van der Waals surface area contributed by atoms with Crippen LogP contribution in [0.3, 0.4) is 0 Å². The van der Waals surface area contributed by atoms with E-state index in [0.717, 1.165) is 17.9 Å². The number of aryl methyl sites for hydroxylation is 1. The molecule has 29 heavy (non-hydrogen) atoms. The lowest BCUT2D eigenvalue weighted by Crippen LogP contribution is -2.38. The SMILES string of the molecule is CN=C(NCCn1cc([N+](=O)[O-])cn1)NCc1ccc(C)cc1OCC1CC1.I. The van der Waals surface area contributed by atoms with Crippen molar-refractivity contribution in [3.8, 4) is 5.75 Å². The van der Waals surface area contributed by atoms with E-state index in [2.05, 4.69) is 45.8 Å². The Kier molecular flexibility index (Phi) is 8.68. The van der Waals surface area contributed by atoms with Gasteiger partial charge in [0.2, 0.25) is 0 Å². The molecule has 0 spiro atoms. The molecule has 0 atom stereocenters. The van der Waals surface area contributed by atoms with Crippen LogP contribution in [0, 0.1) is 23.0 Å². The first-order valence-corrected chi connectivity index (χ1v) is 9.39. The molecule has 1 aromatic carbocycles. The molecule has 0 unspecified atom stereocenters. The Labute approximate surface area is 187 Å². The molecular weight excluding hydrogens is 487 g/mol. The van der Waals surface area contributed by atoms with Crippen LogP contribution >= 0.6 is 24.0 Å². The predicted octanol–water partition coefficient (Wildman–Crippen LogP) is 2.87. The van der Waals surface area contributed by atoms with Crippen LogP contribution in [0.1, 0.15) is 24.0 Å². The lowest BCUT2D eigenvalue weighted by molar-refractivity contribution is -0.385. The zero-order chi connectivity index (χ0) is 19.9. The number of guanidine groups is 1. The Morgan fingerprint density at radius 1 is 1.41 bits per heavy atom. The van der Waals surface area contributed by atoms with Gasteiger partial charge in [-0.1, -0.05) is 12.1 Å². The molecule has 2 N–H and O–H groups in total. The van der Waals surface area contributed by atoms with Crippen molar-refractivity contribution >= 4 is 35.6 Å². The van der Waals surface area contributed by atoms with Gasteiger partial charge in [-0.3, -0.25) is 19.8 Å². The monoisotopic (exact) mass is 514 g/mol. The number of hydrogen-bond donors (Lipinski definition) is 2. The van der Waals surface area contributed by atoms with Gasteiger partial charge in [0, 0.05) is 25.7 Å². The maximum Gasteiger partial charge on any atom is 0.306 e. The average molecular weight is 514 g/mol. The van der Waals surface area contributed by atoms with Crippen molar-refractivity contribution < 1.29 is 9.66 Å². The van der Waals surface area contributed by atoms with Gasteiger partial charge in [-0.25, -0.2) is 0 Å². The van der Waals surface area contributed by atoms with Gasteiger partial charge in [-0.05, 0) is 37.3 Å². The maximum absolute atomic E-state index is 10.7. The highest BCUT2D eigenvalue weighted by Crippen LogP contribution is 2.30. The second-order valence-electron chi connectivity index (χ2n) is 6.94. The highest BCUT2D eigenvalue weighted by molar-refractivity contribution is 14.0. The summed E-state index contributed by atoms with van der Waals surface area (Å²) >= 11 is 0. The highest BCUT2D eigenvalue weighted by Gasteiger charge is 2.22. The van der Waals surface area contributed by atoms with E-state index >= 15 is 0 Å². The second kappa shape index (κ2) is 11.0. The van der Waals surface area contributed by atoms with Gasteiger partial charge >= 0.3 is 5.69 Å². The largest absolute Gasteiger partial charge is 0.493 e. The molecule has 1 aliphatic rings. The number of rotatable bonds is 9. The van der Waals surface area contributed by atoms with Crippen LogP contribution < -0.4 is 15.4 Å². The first-order chi connectivity index (χ1) is 13.5. The Morgan fingerprint density at radius 3 is 2.86 bits per heavy atom. The topological polar surface area (TPSA) is 107 Å². The first-order valence-electron chi connectivity index (χ1n) is 9.39. The van der Waals surface area contributed by atoms with Crippen molar-refractivity contribution in [2.75, 3.05) is 20.2 Å². The molecule has 0 aliphatic heterocycles. The Balaban J connectivity index is 0.00000300. The fraction of sp³-hybridized carbons (Fsp3) is 0.474. The molecule has 1 heterocycles. The van der Waals surface area contributed by atoms with Crippen molar-refractivity contribution in [3.63, 3.8) is 0 Å². The van der Waals surface area contributed by atoms with Crippen molar-refractivity contribution in [2.24, 2.45) is 10.9 Å². The fourth-order valence-corrected chi connectivity index (χ4v) is 2.69. The van der Waals surface area contributed by atoms with Gasteiger partial charge in [0.1, 0.15) is 18.1 Å². The van der Waals surface area contributed by atoms with Crippen molar-refractivity contribution in [2.45, 2.75) is 32.9 Å². The highest BCUT2D eigenvalue weighted by atomic mass is 127. The smallest absolute Gasteiger partial charge is 0.306 e. The summed E-state index contributed by atoms with van der Waals surface area (Å²) in [5.74, 6) is 2.27. The molecule has 0 bridgehead atoms. The molecule has 3 rings (SSSR count). The zero-order valence-corrected chi connectivity index (χ0v) is 19.0. The van der Waals surface area contributed by atoms with E-state index in [-0.39, 0.29) is 29.7 Å². The Bertz CT molecular complexity index is 850. The Hall–Kier alpha value is -2.37. The molecule has 9 nitrogen and oxygen atoms in total. The lowest BCUT2D eigenvalue weighted by atomic mass is 10.1. The zero-order valence-electron chi connectivity index (χ0n) is 16.6. The summed E-state index contributed by atoms with van der Waals surface area (Å²) in [6, 6.07) is 6.21. The number of aromatic nitrogens is 2. The average Bonchev–Trinajstić information content (AvgIpc) is 3.39. The molecule has 10 heteroatoms. The van der Waals surface area contributed by atoms with Gasteiger partial charge in [0.15, 0.2) is 5.96 Å². The number of hydrogen-bond acceptors (Lipinski definition) is 5. The molecule has 0 saturated heterocycles. The van der Waals surface area contributed by atoms with E-state index in [1.54, 1.807) is 7.05 Å². The summed E-state index contributed by atoms with van der Waals surface area (Å²) in [7, 11) is 1.70. The number of aliphatic imine (C=N–C) groups is 1. The third kappa shape index (κ3) is 7.18. The van der Waals surface area contributed by atoms with Crippen LogP contribution in [0.15, 0.2) is 35.6 Å². The number of nitrogens with zero attached hydrogens (tertiary/aromatic N) is 4. The summed E-state index contributed by atoms with van der Waals surface area (Å²) < 4.78 is 7.53. The lowest BCUT2D eigenvalue weighted by Gasteiger charge is -2.15. The summed E-state index contributed by atoms with van der Waals surface area (Å²) in [4.78, 5) is 14.5. The summed E-state index contributed by atoms with van der Waals surface area (Å²) in [6.07, 6.45) is 5.17. The summed E-state index contributed by atoms with van der Waals surface area (Å²) in [5.41, 5.74) is 2.24. The third-order valence-corrected chi connectivity index (χ3v) is 4.53. The van der Waals surface area contributed by atoms with Crippen LogP contribution in [0.2, 0.25) is 0 Å². The standard InChI is InChI=1S/C19H26N6O3.HI/c1-14-3-6-16(18(9-14)28-13-15-4-5-15)10-22-19(20-2)21-7-8-24-12-17(11-23-24)25(26)27;/h3,6,9,11-12,15H,4-5,7-8,10,13H2,1-2H3,(H2,20,21,22);1H. The van der Waals surface area contributed by atoms with Gasteiger partial charge in [-0.15, -0.1) is 24.0 Å². The number of benzene rings is 1. The number of nitro groups is 1. The molecule has 158 valence electrons. The van der Waals surface area contributed by atoms with Crippen molar-refractivity contribution in [1.29, 1.82) is 0 Å². The molecule has 1 aromatic heterocycles. The van der Waals surface area contributed by atoms with E-state index in [1.807, 2.05) is 0 Å². The third-order valence-electron chi connectivity index (χ3n) is 4.53.